The van der Waals surface area contributed by atoms with Gasteiger partial charge in [0.15, 0.2) is 0 Å². The molecule has 3 heterocycles. The number of nitrogens with one attached hydrogen (secondary N) is 1. The van der Waals surface area contributed by atoms with Gasteiger partial charge in [0.25, 0.3) is 0 Å². The Morgan fingerprint density at radius 1 is 1.09 bits per heavy atom. The van der Waals surface area contributed by atoms with E-state index in [-0.39, 0.29) is 18.1 Å². The van der Waals surface area contributed by atoms with E-state index in [9.17, 15) is 4.79 Å². The van der Waals surface area contributed by atoms with Crippen LogP contribution in [0.5, 0.6) is 0 Å². The second-order valence-electron chi connectivity index (χ2n) is 8.05. The summed E-state index contributed by atoms with van der Waals surface area (Å²) in [4.78, 5) is 23.3. The Balaban J connectivity index is 0.00000363. The molecule has 5 N–H and O–H groups in total. The number of unbranched alkanes of at least 4 members (excludes halogenated alkanes) is 1. The quantitative estimate of drug-likeness (QED) is 0.406. The molecule has 0 radical (unpaired) electrons. The Labute approximate surface area is 196 Å². The first-order valence-corrected chi connectivity index (χ1v) is 11.2. The van der Waals surface area contributed by atoms with Gasteiger partial charge in [0.2, 0.25) is 0 Å². The molecule has 0 atom stereocenters. The van der Waals surface area contributed by atoms with Crippen molar-refractivity contribution >= 4 is 24.0 Å². The molecule has 1 aliphatic rings. The molecule has 0 aliphatic carbocycles. The van der Waals surface area contributed by atoms with E-state index in [1.54, 1.807) is 23.0 Å². The molecule has 2 aromatic heterocycles. The van der Waals surface area contributed by atoms with Crippen LogP contribution in [0.15, 0.2) is 35.4 Å². The van der Waals surface area contributed by atoms with Crippen molar-refractivity contribution in [1.29, 1.82) is 0 Å². The van der Waals surface area contributed by atoms with Crippen LogP contribution in [0, 0.1) is 0 Å². The van der Waals surface area contributed by atoms with Crippen LogP contribution in [-0.4, -0.2) is 58.3 Å². The number of pyridine rings is 1. The molecule has 1 aliphatic heterocycles. The number of hydrogen-bond acceptors (Lipinski definition) is 8. The number of rotatable bonds is 12. The second kappa shape index (κ2) is 14.2. The Kier molecular flexibility index (Phi) is 11.6. The maximum atomic E-state index is 12.3. The Morgan fingerprint density at radius 2 is 1.88 bits per heavy atom. The van der Waals surface area contributed by atoms with Crippen molar-refractivity contribution in [3.63, 3.8) is 0 Å². The predicted molar refractivity (Wildman–Crippen MR) is 129 cm³/mol. The molecule has 3 rings (SSSR count). The van der Waals surface area contributed by atoms with E-state index in [1.807, 2.05) is 12.1 Å². The number of anilines is 2. The van der Waals surface area contributed by atoms with Crippen LogP contribution in [0.3, 0.4) is 0 Å². The molecular formula is C22H36ClN7O2. The van der Waals surface area contributed by atoms with Crippen LogP contribution in [-0.2, 0) is 17.9 Å². The topological polar surface area (TPSA) is 124 Å². The zero-order valence-electron chi connectivity index (χ0n) is 18.6. The van der Waals surface area contributed by atoms with Crippen molar-refractivity contribution in [2.45, 2.75) is 51.3 Å². The van der Waals surface area contributed by atoms with Gasteiger partial charge in [0, 0.05) is 31.6 Å². The highest BCUT2D eigenvalue weighted by Crippen LogP contribution is 2.12. The van der Waals surface area contributed by atoms with Crippen LogP contribution in [0.4, 0.5) is 11.6 Å². The highest BCUT2D eigenvalue weighted by molar-refractivity contribution is 5.85. The van der Waals surface area contributed by atoms with Crippen LogP contribution < -0.4 is 22.5 Å². The van der Waals surface area contributed by atoms with Gasteiger partial charge >= 0.3 is 5.69 Å². The summed E-state index contributed by atoms with van der Waals surface area (Å²) in [5.41, 5.74) is 12.1. The molecule has 0 aromatic carbocycles. The van der Waals surface area contributed by atoms with E-state index in [4.69, 9.17) is 16.2 Å². The van der Waals surface area contributed by atoms with Gasteiger partial charge in [-0.2, -0.15) is 4.98 Å². The number of halogens is 1. The summed E-state index contributed by atoms with van der Waals surface area (Å²) in [5, 5.41) is 3.08. The van der Waals surface area contributed by atoms with Crippen LogP contribution in [0.1, 0.15) is 37.7 Å². The van der Waals surface area contributed by atoms with Gasteiger partial charge in [0.05, 0.1) is 6.61 Å². The van der Waals surface area contributed by atoms with E-state index in [0.29, 0.717) is 44.0 Å². The third-order valence-electron chi connectivity index (χ3n) is 5.47. The maximum absolute atomic E-state index is 12.3. The lowest BCUT2D eigenvalue weighted by Crippen LogP contribution is -2.40. The first-order chi connectivity index (χ1) is 15.1. The predicted octanol–water partition coefficient (Wildman–Crippen LogP) is 1.87. The van der Waals surface area contributed by atoms with Gasteiger partial charge in [-0.3, -0.25) is 4.57 Å². The van der Waals surface area contributed by atoms with Gasteiger partial charge in [-0.15, -0.1) is 12.4 Å². The fraction of sp³-hybridized carbons (Fsp3) is 0.591. The first kappa shape index (κ1) is 26.2. The summed E-state index contributed by atoms with van der Waals surface area (Å²) in [5.74, 6) is 1.13. The number of likely N-dealkylation sites (tertiary alicyclic amines) is 1. The summed E-state index contributed by atoms with van der Waals surface area (Å²) in [6.45, 7) is 5.68. The number of nitrogens with two attached hydrogens (primary N) is 2. The van der Waals surface area contributed by atoms with Crippen molar-refractivity contribution in [3.8, 4) is 0 Å². The minimum atomic E-state index is -0.251. The van der Waals surface area contributed by atoms with Crippen molar-refractivity contribution < 1.29 is 4.74 Å². The lowest BCUT2D eigenvalue weighted by Gasteiger charge is -2.29. The monoisotopic (exact) mass is 465 g/mol. The SMILES string of the molecule is Cl.NCCCOCc1ccc(Nc2ccn(CCCCN3CCC(N)CC3)c(=O)n2)nc1. The largest absolute Gasteiger partial charge is 0.377 e. The maximum Gasteiger partial charge on any atom is 0.349 e. The molecular weight excluding hydrogens is 430 g/mol. The van der Waals surface area contributed by atoms with Gasteiger partial charge in [0.1, 0.15) is 11.6 Å². The normalized spacial score (nSPS) is 14.8. The average Bonchev–Trinajstić information content (AvgIpc) is 2.78. The van der Waals surface area contributed by atoms with Crippen LogP contribution >= 0.6 is 12.4 Å². The lowest BCUT2D eigenvalue weighted by atomic mass is 10.1. The van der Waals surface area contributed by atoms with Gasteiger partial charge in [-0.25, -0.2) is 9.78 Å². The molecule has 10 heteroatoms. The van der Waals surface area contributed by atoms with Gasteiger partial charge in [-0.05, 0) is 76.0 Å². The van der Waals surface area contributed by atoms with Crippen LogP contribution in [0.2, 0.25) is 0 Å². The molecule has 1 fully saturated rings. The van der Waals surface area contributed by atoms with Gasteiger partial charge < -0.3 is 26.4 Å². The standard InChI is InChI=1S/C22H35N7O2.ClH/c23-9-3-15-31-17-18-4-5-20(25-16-18)26-21-8-14-29(22(30)27-21)11-2-1-10-28-12-6-19(24)7-13-28;/h4-5,8,14,16,19H,1-3,6-7,9-13,15,17,23-24H2,(H,25,26,27,30);1H. The molecule has 0 spiro atoms. The van der Waals surface area contributed by atoms with E-state index in [2.05, 4.69) is 20.2 Å². The molecule has 0 bridgehead atoms. The molecule has 32 heavy (non-hydrogen) atoms. The third-order valence-corrected chi connectivity index (χ3v) is 5.47. The molecule has 178 valence electrons. The summed E-state index contributed by atoms with van der Waals surface area (Å²) < 4.78 is 7.18. The number of hydrogen-bond donors (Lipinski definition) is 3. The zero-order valence-corrected chi connectivity index (χ0v) is 19.4. The number of aryl methyl sites for hydroxylation is 1. The summed E-state index contributed by atoms with van der Waals surface area (Å²) in [6.07, 6.45) is 8.56. The number of nitrogens with zero attached hydrogens (tertiary/aromatic N) is 4. The van der Waals surface area contributed by atoms with Crippen LogP contribution in [0.25, 0.3) is 0 Å². The summed E-state index contributed by atoms with van der Waals surface area (Å²) in [7, 11) is 0. The Bertz CT molecular complexity index is 839. The smallest absolute Gasteiger partial charge is 0.349 e. The minimum Gasteiger partial charge on any atom is -0.377 e. The lowest BCUT2D eigenvalue weighted by molar-refractivity contribution is 0.120. The fourth-order valence-electron chi connectivity index (χ4n) is 3.55. The minimum absolute atomic E-state index is 0. The number of ether oxygens (including phenoxy) is 1. The van der Waals surface area contributed by atoms with Crippen molar-refractivity contribution in [2.24, 2.45) is 11.5 Å². The molecule has 9 nitrogen and oxygen atoms in total. The van der Waals surface area contributed by atoms with E-state index in [1.165, 1.54) is 0 Å². The fourth-order valence-corrected chi connectivity index (χ4v) is 3.55. The van der Waals surface area contributed by atoms with E-state index < -0.39 is 0 Å². The van der Waals surface area contributed by atoms with Crippen molar-refractivity contribution in [3.05, 3.63) is 46.6 Å². The highest BCUT2D eigenvalue weighted by atomic mass is 35.5. The molecule has 0 saturated carbocycles. The molecule has 2 aromatic rings. The van der Waals surface area contributed by atoms with Crippen molar-refractivity contribution in [1.82, 2.24) is 19.4 Å². The van der Waals surface area contributed by atoms with E-state index in [0.717, 1.165) is 57.3 Å². The van der Waals surface area contributed by atoms with Crippen molar-refractivity contribution in [2.75, 3.05) is 38.1 Å². The Morgan fingerprint density at radius 3 is 2.56 bits per heavy atom. The molecule has 0 amide bonds. The number of piperidine rings is 1. The first-order valence-electron chi connectivity index (χ1n) is 11.2. The van der Waals surface area contributed by atoms with Gasteiger partial charge in [-0.1, -0.05) is 6.07 Å². The molecule has 1 saturated heterocycles. The second-order valence-corrected chi connectivity index (χ2v) is 8.05. The number of aromatic nitrogens is 3. The molecule has 0 unspecified atom stereocenters. The van der Waals surface area contributed by atoms with E-state index >= 15 is 0 Å². The Hall–Kier alpha value is -2.04. The summed E-state index contributed by atoms with van der Waals surface area (Å²) in [6, 6.07) is 5.96. The average molecular weight is 466 g/mol. The summed E-state index contributed by atoms with van der Waals surface area (Å²) >= 11 is 0. The zero-order chi connectivity index (χ0) is 21.9. The highest BCUT2D eigenvalue weighted by Gasteiger charge is 2.15. The third kappa shape index (κ3) is 8.84.